The Kier molecular flexibility index (Phi) is 4.86. The zero-order valence-corrected chi connectivity index (χ0v) is 12.1. The molecule has 1 saturated heterocycles. The number of nitrogens with one attached hydrogen (secondary N) is 1. The first-order valence-electron chi connectivity index (χ1n) is 6.13. The Morgan fingerprint density at radius 1 is 1.32 bits per heavy atom. The van der Waals surface area contributed by atoms with Crippen molar-refractivity contribution in [2.45, 2.75) is 4.90 Å². The number of sulfone groups is 1. The number of thioether (sulfide) groups is 1. The van der Waals surface area contributed by atoms with Gasteiger partial charge in [-0.05, 0) is 49.0 Å². The summed E-state index contributed by atoms with van der Waals surface area (Å²) in [4.78, 5) is 0.303. The van der Waals surface area contributed by atoms with Crippen LogP contribution >= 0.6 is 11.8 Å². The highest BCUT2D eigenvalue weighted by Gasteiger charge is 2.18. The van der Waals surface area contributed by atoms with Crippen LogP contribution in [0.1, 0.15) is 5.56 Å². The second-order valence-corrected chi connectivity index (χ2v) is 7.81. The van der Waals surface area contributed by atoms with E-state index in [2.05, 4.69) is 5.32 Å². The number of hydrogen-bond acceptors (Lipinski definition) is 5. The van der Waals surface area contributed by atoms with Crippen molar-refractivity contribution < 1.29 is 8.42 Å². The van der Waals surface area contributed by atoms with Crippen LogP contribution in [0.4, 0.5) is 0 Å². The molecule has 0 aromatic heterocycles. The molecule has 1 aromatic rings. The van der Waals surface area contributed by atoms with E-state index in [4.69, 9.17) is 5.26 Å². The Morgan fingerprint density at radius 2 is 2.00 bits per heavy atom. The van der Waals surface area contributed by atoms with E-state index >= 15 is 0 Å². The van der Waals surface area contributed by atoms with Crippen LogP contribution in [0.5, 0.6) is 0 Å². The van der Waals surface area contributed by atoms with Gasteiger partial charge in [-0.25, -0.2) is 8.42 Å². The fourth-order valence-corrected chi connectivity index (χ4v) is 4.61. The van der Waals surface area contributed by atoms with E-state index in [1.165, 1.54) is 12.1 Å². The SMILES string of the molecule is N#Cc1ccc(S(=O)(=O)CCSCC2CNC2)cc1. The van der Waals surface area contributed by atoms with Gasteiger partial charge >= 0.3 is 0 Å². The van der Waals surface area contributed by atoms with Crippen LogP contribution in [0, 0.1) is 17.2 Å². The van der Waals surface area contributed by atoms with Crippen molar-refractivity contribution in [3.63, 3.8) is 0 Å². The van der Waals surface area contributed by atoms with Crippen LogP contribution in [0.25, 0.3) is 0 Å². The van der Waals surface area contributed by atoms with Crippen molar-refractivity contribution in [2.75, 3.05) is 30.3 Å². The molecular formula is C13H16N2O2S2. The van der Waals surface area contributed by atoms with Gasteiger partial charge in [0.05, 0.1) is 22.3 Å². The Balaban J connectivity index is 1.84. The number of nitriles is 1. The van der Waals surface area contributed by atoms with Crippen LogP contribution in [0.3, 0.4) is 0 Å². The minimum atomic E-state index is -3.22. The highest BCUT2D eigenvalue weighted by Crippen LogP contribution is 2.16. The van der Waals surface area contributed by atoms with Gasteiger partial charge in [-0.3, -0.25) is 0 Å². The number of nitrogens with zero attached hydrogens (tertiary/aromatic N) is 1. The zero-order valence-electron chi connectivity index (χ0n) is 10.5. The number of hydrogen-bond donors (Lipinski definition) is 1. The maximum Gasteiger partial charge on any atom is 0.179 e. The molecule has 0 unspecified atom stereocenters. The average Bonchev–Trinajstić information content (AvgIpc) is 2.36. The number of rotatable bonds is 6. The third kappa shape index (κ3) is 3.96. The van der Waals surface area contributed by atoms with E-state index < -0.39 is 9.84 Å². The molecule has 0 atom stereocenters. The molecule has 19 heavy (non-hydrogen) atoms. The van der Waals surface area contributed by atoms with E-state index in [1.54, 1.807) is 23.9 Å². The van der Waals surface area contributed by atoms with Gasteiger partial charge in [-0.15, -0.1) is 0 Å². The van der Waals surface area contributed by atoms with Crippen LogP contribution < -0.4 is 5.32 Å². The summed E-state index contributed by atoms with van der Waals surface area (Å²) in [5.74, 6) is 2.50. The first-order valence-corrected chi connectivity index (χ1v) is 8.94. The van der Waals surface area contributed by atoms with E-state index in [9.17, 15) is 8.42 Å². The summed E-state index contributed by atoms with van der Waals surface area (Å²) in [5, 5.41) is 11.9. The lowest BCUT2D eigenvalue weighted by Gasteiger charge is -2.26. The summed E-state index contributed by atoms with van der Waals surface area (Å²) in [6, 6.07) is 8.08. The van der Waals surface area contributed by atoms with Crippen LogP contribution in [-0.2, 0) is 9.84 Å². The van der Waals surface area contributed by atoms with Crippen molar-refractivity contribution in [1.29, 1.82) is 5.26 Å². The van der Waals surface area contributed by atoms with Crippen LogP contribution in [-0.4, -0.2) is 38.8 Å². The number of benzene rings is 1. The van der Waals surface area contributed by atoms with Gasteiger partial charge in [-0.1, -0.05) is 0 Å². The van der Waals surface area contributed by atoms with Crippen LogP contribution in [0.2, 0.25) is 0 Å². The Morgan fingerprint density at radius 3 is 2.53 bits per heavy atom. The molecule has 0 amide bonds. The molecule has 1 N–H and O–H groups in total. The normalized spacial score (nSPS) is 15.7. The van der Waals surface area contributed by atoms with Crippen molar-refractivity contribution in [3.8, 4) is 6.07 Å². The Hall–Kier alpha value is -1.03. The molecule has 0 saturated carbocycles. The van der Waals surface area contributed by atoms with E-state index in [0.29, 0.717) is 22.1 Å². The fraction of sp³-hybridized carbons (Fsp3) is 0.462. The Bertz CT molecular complexity index is 557. The van der Waals surface area contributed by atoms with Gasteiger partial charge in [0.25, 0.3) is 0 Å². The molecule has 1 fully saturated rings. The first kappa shape index (κ1) is 14.4. The van der Waals surface area contributed by atoms with Crippen LogP contribution in [0.15, 0.2) is 29.2 Å². The van der Waals surface area contributed by atoms with Gasteiger partial charge in [0.1, 0.15) is 0 Å². The lowest BCUT2D eigenvalue weighted by atomic mass is 10.1. The smallest absolute Gasteiger partial charge is 0.179 e. The zero-order chi connectivity index (χ0) is 13.7. The maximum atomic E-state index is 12.1. The second kappa shape index (κ2) is 6.42. The maximum absolute atomic E-state index is 12.1. The third-order valence-corrected chi connectivity index (χ3v) is 6.25. The van der Waals surface area contributed by atoms with Gasteiger partial charge in [0.15, 0.2) is 9.84 Å². The molecule has 0 spiro atoms. The molecule has 2 rings (SSSR count). The summed E-state index contributed by atoms with van der Waals surface area (Å²) < 4.78 is 24.1. The first-order chi connectivity index (χ1) is 9.12. The molecule has 1 aliphatic heterocycles. The quantitative estimate of drug-likeness (QED) is 0.801. The van der Waals surface area contributed by atoms with E-state index in [1.807, 2.05) is 6.07 Å². The van der Waals surface area contributed by atoms with Crippen molar-refractivity contribution in [3.05, 3.63) is 29.8 Å². The Labute approximate surface area is 118 Å². The molecule has 102 valence electrons. The minimum absolute atomic E-state index is 0.156. The summed E-state index contributed by atoms with van der Waals surface area (Å²) >= 11 is 1.69. The summed E-state index contributed by atoms with van der Waals surface area (Å²) in [6.45, 7) is 2.10. The van der Waals surface area contributed by atoms with Crippen molar-refractivity contribution >= 4 is 21.6 Å². The van der Waals surface area contributed by atoms with E-state index in [-0.39, 0.29) is 5.75 Å². The largest absolute Gasteiger partial charge is 0.316 e. The summed E-state index contributed by atoms with van der Waals surface area (Å²) in [7, 11) is -3.22. The molecule has 0 bridgehead atoms. The highest BCUT2D eigenvalue weighted by molar-refractivity contribution is 8.00. The van der Waals surface area contributed by atoms with Gasteiger partial charge in [-0.2, -0.15) is 17.0 Å². The molecule has 1 aliphatic rings. The summed E-state index contributed by atoms with van der Waals surface area (Å²) in [5.41, 5.74) is 0.478. The van der Waals surface area contributed by atoms with Gasteiger partial charge in [0.2, 0.25) is 0 Å². The molecule has 1 aromatic carbocycles. The predicted octanol–water partition coefficient (Wildman–Crippen LogP) is 1.28. The average molecular weight is 296 g/mol. The standard InChI is InChI=1S/C13H16N2O2S2/c14-7-11-1-3-13(4-2-11)19(16,17)6-5-18-10-12-8-15-9-12/h1-4,12,15H,5-6,8-10H2. The van der Waals surface area contributed by atoms with Crippen molar-refractivity contribution in [1.82, 2.24) is 5.32 Å². The van der Waals surface area contributed by atoms with Gasteiger partial charge < -0.3 is 5.32 Å². The summed E-state index contributed by atoms with van der Waals surface area (Å²) in [6.07, 6.45) is 0. The van der Waals surface area contributed by atoms with Crippen molar-refractivity contribution in [2.24, 2.45) is 5.92 Å². The predicted molar refractivity (Wildman–Crippen MR) is 76.9 cm³/mol. The molecule has 0 aliphatic carbocycles. The highest BCUT2D eigenvalue weighted by atomic mass is 32.2. The molecule has 1 heterocycles. The van der Waals surface area contributed by atoms with E-state index in [0.717, 1.165) is 18.8 Å². The fourth-order valence-electron chi connectivity index (χ4n) is 1.74. The molecule has 4 nitrogen and oxygen atoms in total. The van der Waals surface area contributed by atoms with Gasteiger partial charge in [0, 0.05) is 5.75 Å². The lowest BCUT2D eigenvalue weighted by molar-refractivity contribution is 0.385. The minimum Gasteiger partial charge on any atom is -0.316 e. The monoisotopic (exact) mass is 296 g/mol. The topological polar surface area (TPSA) is 70.0 Å². The molecular weight excluding hydrogens is 280 g/mol. The third-order valence-electron chi connectivity index (χ3n) is 3.06. The molecule has 6 heteroatoms. The lowest BCUT2D eigenvalue weighted by Crippen LogP contribution is -2.43. The second-order valence-electron chi connectivity index (χ2n) is 4.55. The molecule has 0 radical (unpaired) electrons.